The number of benzene rings is 1. The fraction of sp³-hybridized carbons (Fsp3) is 0.438. The van der Waals surface area contributed by atoms with E-state index in [1.54, 1.807) is 13.0 Å². The quantitative estimate of drug-likeness (QED) is 0.301. The fourth-order valence-corrected chi connectivity index (χ4v) is 7.11. The molecule has 2 fully saturated rings. The van der Waals surface area contributed by atoms with E-state index in [4.69, 9.17) is 0 Å². The van der Waals surface area contributed by atoms with Crippen LogP contribution >= 0.6 is 0 Å². The lowest BCUT2D eigenvalue weighted by Gasteiger charge is -2.48. The molecular weight excluding hydrogens is 492 g/mol. The van der Waals surface area contributed by atoms with Crippen LogP contribution in [-0.2, 0) is 16.0 Å². The van der Waals surface area contributed by atoms with Gasteiger partial charge in [0.1, 0.15) is 17.6 Å². The maximum atomic E-state index is 14.2. The van der Waals surface area contributed by atoms with Crippen LogP contribution in [0.2, 0.25) is 0 Å². The van der Waals surface area contributed by atoms with Crippen molar-refractivity contribution in [1.82, 2.24) is 10.3 Å². The number of carbonyl (C=O) groups is 2. The number of hydrogen-bond donors (Lipinski definition) is 5. The number of aromatic nitrogens is 1. The molecule has 1 saturated carbocycles. The number of amides is 1. The van der Waals surface area contributed by atoms with Gasteiger partial charge in [-0.3, -0.25) is 9.59 Å². The minimum Gasteiger partial charge on any atom is -0.388 e. The maximum Gasteiger partial charge on any atom is 0.235 e. The minimum absolute atomic E-state index is 0.0326. The SMILES string of the molecule is C=C1[C@@H](C)[C@H]2[C@H](Cc3c[nH]c4ccccc34)NC(=O)[C@]23C(=O)/C=C\[C@H](O)[C@H](O)/C(C)=C\[C@@H](C)C/C=C\[C@H]3[C@@H]1O. The molecule has 2 aliphatic carbocycles. The normalized spacial score (nSPS) is 40.4. The highest BCUT2D eigenvalue weighted by Crippen LogP contribution is 2.56. The zero-order valence-electron chi connectivity index (χ0n) is 22.7. The molecule has 0 bridgehead atoms. The highest BCUT2D eigenvalue weighted by atomic mass is 16.3. The molecule has 1 aromatic heterocycles. The van der Waals surface area contributed by atoms with Gasteiger partial charge < -0.3 is 25.6 Å². The van der Waals surface area contributed by atoms with Crippen LogP contribution in [0.3, 0.4) is 0 Å². The number of para-hydroxylation sites is 1. The molecule has 5 rings (SSSR count). The van der Waals surface area contributed by atoms with Gasteiger partial charge in [-0.05, 0) is 66.5 Å². The van der Waals surface area contributed by atoms with E-state index in [1.165, 1.54) is 12.2 Å². The van der Waals surface area contributed by atoms with Crippen LogP contribution in [0.25, 0.3) is 10.9 Å². The van der Waals surface area contributed by atoms with Crippen molar-refractivity contribution < 1.29 is 24.9 Å². The standard InChI is InChI=1S/C32H38N2O5/c1-17-8-7-10-23-30(38)20(4)19(3)28-25(15-21-16-33-24-11-6-5-9-22(21)24)34-31(39)32(23,28)27(36)13-12-26(35)29(37)18(2)14-17/h5-7,9-14,16-17,19,23,25-26,28-30,33,35,37-38H,4,8,15H2,1-3H3,(H,34,39)/b10-7-,13-12-,18-14-/t17-,19+,23-,25-,26-,28-,29+,30+,32+/m0/s1. The van der Waals surface area contributed by atoms with Gasteiger partial charge in [0.05, 0.1) is 6.10 Å². The van der Waals surface area contributed by atoms with Crippen molar-refractivity contribution in [2.24, 2.45) is 29.1 Å². The monoisotopic (exact) mass is 530 g/mol. The molecule has 2 heterocycles. The minimum atomic E-state index is -1.59. The van der Waals surface area contributed by atoms with Gasteiger partial charge in [-0.1, -0.05) is 56.9 Å². The topological polar surface area (TPSA) is 123 Å². The summed E-state index contributed by atoms with van der Waals surface area (Å²) in [5.41, 5.74) is 1.65. The van der Waals surface area contributed by atoms with Crippen molar-refractivity contribution >= 4 is 22.6 Å². The molecule has 7 heteroatoms. The van der Waals surface area contributed by atoms with Crippen molar-refractivity contribution in [3.8, 4) is 0 Å². The Bertz CT molecular complexity index is 1390. The molecule has 1 aliphatic heterocycles. The summed E-state index contributed by atoms with van der Waals surface area (Å²) in [6.07, 6.45) is 7.53. The Morgan fingerprint density at radius 2 is 1.82 bits per heavy atom. The largest absolute Gasteiger partial charge is 0.388 e. The van der Waals surface area contributed by atoms with Gasteiger partial charge in [0.2, 0.25) is 5.91 Å². The smallest absolute Gasteiger partial charge is 0.235 e. The van der Waals surface area contributed by atoms with E-state index in [2.05, 4.69) is 16.9 Å². The summed E-state index contributed by atoms with van der Waals surface area (Å²) in [6.45, 7) is 9.86. The molecule has 1 amide bonds. The summed E-state index contributed by atoms with van der Waals surface area (Å²) < 4.78 is 0. The third-order valence-corrected chi connectivity index (χ3v) is 9.18. The van der Waals surface area contributed by atoms with Gasteiger partial charge in [0.15, 0.2) is 5.78 Å². The van der Waals surface area contributed by atoms with Crippen molar-refractivity contribution in [3.05, 3.63) is 84.1 Å². The van der Waals surface area contributed by atoms with Crippen molar-refractivity contribution in [1.29, 1.82) is 0 Å². The second kappa shape index (κ2) is 10.4. The Labute approximate surface area is 229 Å². The predicted molar refractivity (Wildman–Crippen MR) is 150 cm³/mol. The second-order valence-corrected chi connectivity index (χ2v) is 11.6. The lowest BCUT2D eigenvalue weighted by atomic mass is 9.52. The summed E-state index contributed by atoms with van der Waals surface area (Å²) in [5.74, 6) is -2.51. The Kier molecular flexibility index (Phi) is 7.27. The zero-order chi connectivity index (χ0) is 28.1. The van der Waals surface area contributed by atoms with Crippen LogP contribution in [0.5, 0.6) is 0 Å². The van der Waals surface area contributed by atoms with Crippen LogP contribution < -0.4 is 5.32 Å². The number of rotatable bonds is 2. The molecule has 1 saturated heterocycles. The van der Waals surface area contributed by atoms with Crippen molar-refractivity contribution in [2.75, 3.05) is 0 Å². The number of aromatic amines is 1. The van der Waals surface area contributed by atoms with E-state index in [0.717, 1.165) is 16.5 Å². The highest BCUT2D eigenvalue weighted by molar-refractivity contribution is 6.13. The van der Waals surface area contributed by atoms with Crippen LogP contribution in [0.4, 0.5) is 0 Å². The summed E-state index contributed by atoms with van der Waals surface area (Å²) in [5, 5.41) is 36.9. The lowest BCUT2D eigenvalue weighted by Crippen LogP contribution is -2.58. The second-order valence-electron chi connectivity index (χ2n) is 11.6. The number of aliphatic hydroxyl groups is 3. The van der Waals surface area contributed by atoms with Gasteiger partial charge in [0.25, 0.3) is 0 Å². The lowest BCUT2D eigenvalue weighted by molar-refractivity contribution is -0.148. The number of ketones is 1. The summed E-state index contributed by atoms with van der Waals surface area (Å²) in [4.78, 5) is 31.5. The molecule has 7 nitrogen and oxygen atoms in total. The van der Waals surface area contributed by atoms with E-state index < -0.39 is 47.3 Å². The molecular formula is C32H38N2O5. The third kappa shape index (κ3) is 4.42. The van der Waals surface area contributed by atoms with Gasteiger partial charge in [0, 0.05) is 35.0 Å². The third-order valence-electron chi connectivity index (χ3n) is 9.18. The van der Waals surface area contributed by atoms with Crippen molar-refractivity contribution in [3.63, 3.8) is 0 Å². The Hall–Kier alpha value is -3.26. The van der Waals surface area contributed by atoms with E-state index in [1.807, 2.05) is 56.5 Å². The molecule has 206 valence electrons. The number of hydrogen-bond acceptors (Lipinski definition) is 5. The molecule has 1 aromatic carbocycles. The van der Waals surface area contributed by atoms with E-state index in [9.17, 15) is 24.9 Å². The van der Waals surface area contributed by atoms with E-state index in [-0.39, 0.29) is 17.9 Å². The van der Waals surface area contributed by atoms with Crippen LogP contribution in [0, 0.1) is 29.1 Å². The first-order valence-corrected chi connectivity index (χ1v) is 13.7. The van der Waals surface area contributed by atoms with Gasteiger partial charge >= 0.3 is 0 Å². The van der Waals surface area contributed by atoms with Crippen molar-refractivity contribution in [2.45, 2.75) is 58.0 Å². The van der Waals surface area contributed by atoms with Crippen LogP contribution in [0.1, 0.15) is 32.8 Å². The first kappa shape index (κ1) is 27.3. The molecule has 9 atom stereocenters. The average molecular weight is 531 g/mol. The highest BCUT2D eigenvalue weighted by Gasteiger charge is 2.68. The van der Waals surface area contributed by atoms with Gasteiger partial charge in [-0.25, -0.2) is 0 Å². The van der Waals surface area contributed by atoms with Gasteiger partial charge in [-0.2, -0.15) is 0 Å². The van der Waals surface area contributed by atoms with Crippen LogP contribution in [0.15, 0.2) is 78.6 Å². The molecule has 3 aliphatic rings. The van der Waals surface area contributed by atoms with Crippen LogP contribution in [-0.4, -0.2) is 56.3 Å². The van der Waals surface area contributed by atoms with E-state index >= 15 is 0 Å². The zero-order valence-corrected chi connectivity index (χ0v) is 22.7. The number of aliphatic hydroxyl groups excluding tert-OH is 3. The number of allylic oxidation sites excluding steroid dienone is 3. The summed E-state index contributed by atoms with van der Waals surface area (Å²) >= 11 is 0. The molecule has 39 heavy (non-hydrogen) atoms. The Morgan fingerprint density at radius 3 is 2.59 bits per heavy atom. The Balaban J connectivity index is 1.63. The number of fused-ring (bicyclic) bond motifs is 1. The molecule has 5 N–H and O–H groups in total. The summed E-state index contributed by atoms with van der Waals surface area (Å²) in [6, 6.07) is 7.58. The average Bonchev–Trinajstić information content (AvgIpc) is 3.45. The molecule has 2 aromatic rings. The maximum absolute atomic E-state index is 14.2. The van der Waals surface area contributed by atoms with E-state index in [0.29, 0.717) is 24.0 Å². The fourth-order valence-electron chi connectivity index (χ4n) is 7.11. The number of carbonyl (C=O) groups excluding carboxylic acids is 2. The molecule has 0 unspecified atom stereocenters. The first-order chi connectivity index (χ1) is 18.6. The summed E-state index contributed by atoms with van der Waals surface area (Å²) in [7, 11) is 0. The predicted octanol–water partition coefficient (Wildman–Crippen LogP) is 3.38. The Morgan fingerprint density at radius 1 is 1.08 bits per heavy atom. The number of nitrogens with one attached hydrogen (secondary N) is 2. The molecule has 1 spiro atoms. The number of H-pyrrole nitrogens is 1. The first-order valence-electron chi connectivity index (χ1n) is 13.7. The molecule has 0 radical (unpaired) electrons. The van der Waals surface area contributed by atoms with Gasteiger partial charge in [-0.15, -0.1) is 0 Å².